The zero-order valence-corrected chi connectivity index (χ0v) is 13.0. The second-order valence-electron chi connectivity index (χ2n) is 4.89. The lowest BCUT2D eigenvalue weighted by Crippen LogP contribution is -2.26. The molecule has 1 N–H and O–H groups in total. The van der Waals surface area contributed by atoms with Crippen molar-refractivity contribution in [2.24, 2.45) is 7.05 Å². The van der Waals surface area contributed by atoms with Crippen LogP contribution in [-0.4, -0.2) is 27.2 Å². The number of amides is 1. The van der Waals surface area contributed by atoms with E-state index in [1.54, 1.807) is 6.33 Å². The van der Waals surface area contributed by atoms with E-state index in [-0.39, 0.29) is 5.91 Å². The van der Waals surface area contributed by atoms with E-state index < -0.39 is 0 Å². The molecular formula is C16H16N4OS. The van der Waals surface area contributed by atoms with Gasteiger partial charge in [-0.25, -0.2) is 0 Å². The second kappa shape index (κ2) is 6.53. The van der Waals surface area contributed by atoms with Crippen molar-refractivity contribution in [3.63, 3.8) is 0 Å². The van der Waals surface area contributed by atoms with Crippen molar-refractivity contribution < 1.29 is 4.79 Å². The molecule has 2 aromatic heterocycles. The van der Waals surface area contributed by atoms with Crippen LogP contribution in [0.5, 0.6) is 0 Å². The summed E-state index contributed by atoms with van der Waals surface area (Å²) in [7, 11) is 1.89. The van der Waals surface area contributed by atoms with Gasteiger partial charge in [0.25, 0.3) is 5.91 Å². The average molecular weight is 312 g/mol. The van der Waals surface area contributed by atoms with Crippen molar-refractivity contribution in [2.45, 2.75) is 6.42 Å². The van der Waals surface area contributed by atoms with Gasteiger partial charge in [-0.1, -0.05) is 30.3 Å². The highest BCUT2D eigenvalue weighted by atomic mass is 32.1. The van der Waals surface area contributed by atoms with Crippen LogP contribution >= 0.6 is 11.3 Å². The Bertz CT molecular complexity index is 763. The fourth-order valence-electron chi connectivity index (χ4n) is 2.23. The van der Waals surface area contributed by atoms with E-state index in [0.29, 0.717) is 13.0 Å². The Hall–Kier alpha value is -2.47. The van der Waals surface area contributed by atoms with Gasteiger partial charge in [0.05, 0.1) is 4.88 Å². The number of benzene rings is 1. The van der Waals surface area contributed by atoms with Gasteiger partial charge < -0.3 is 9.88 Å². The first-order valence-corrected chi connectivity index (χ1v) is 7.87. The van der Waals surface area contributed by atoms with Gasteiger partial charge in [-0.05, 0) is 17.0 Å². The number of thiophene rings is 1. The molecule has 0 bridgehead atoms. The van der Waals surface area contributed by atoms with E-state index in [4.69, 9.17) is 0 Å². The van der Waals surface area contributed by atoms with Gasteiger partial charge in [-0.2, -0.15) is 0 Å². The second-order valence-corrected chi connectivity index (χ2v) is 5.81. The predicted molar refractivity (Wildman–Crippen MR) is 86.8 cm³/mol. The van der Waals surface area contributed by atoms with Gasteiger partial charge in [0.15, 0.2) is 0 Å². The van der Waals surface area contributed by atoms with Crippen LogP contribution in [0.3, 0.4) is 0 Å². The summed E-state index contributed by atoms with van der Waals surface area (Å²) in [4.78, 5) is 13.1. The van der Waals surface area contributed by atoms with Gasteiger partial charge in [-0.3, -0.25) is 4.79 Å². The highest BCUT2D eigenvalue weighted by molar-refractivity contribution is 7.12. The van der Waals surface area contributed by atoms with Crippen molar-refractivity contribution in [2.75, 3.05) is 6.54 Å². The Kier molecular flexibility index (Phi) is 4.29. The monoisotopic (exact) mass is 312 g/mol. The van der Waals surface area contributed by atoms with Crippen LogP contribution in [-0.2, 0) is 13.5 Å². The quantitative estimate of drug-likeness (QED) is 0.787. The van der Waals surface area contributed by atoms with E-state index in [1.165, 1.54) is 11.3 Å². The Morgan fingerprint density at radius 2 is 2.09 bits per heavy atom. The summed E-state index contributed by atoms with van der Waals surface area (Å²) in [5, 5.41) is 12.7. The molecule has 1 aromatic carbocycles. The third-order valence-corrected chi connectivity index (χ3v) is 4.31. The van der Waals surface area contributed by atoms with E-state index in [2.05, 4.69) is 15.5 Å². The molecule has 0 saturated heterocycles. The molecule has 0 aliphatic heterocycles. The maximum Gasteiger partial charge on any atom is 0.262 e. The van der Waals surface area contributed by atoms with Crippen LogP contribution in [0.15, 0.2) is 48.1 Å². The fraction of sp³-hybridized carbons (Fsp3) is 0.188. The molecule has 0 spiro atoms. The molecule has 0 fully saturated rings. The lowest BCUT2D eigenvalue weighted by molar-refractivity contribution is 0.0958. The van der Waals surface area contributed by atoms with Crippen molar-refractivity contribution in [3.05, 3.63) is 58.8 Å². The number of nitrogens with one attached hydrogen (secondary N) is 1. The minimum atomic E-state index is -0.0454. The smallest absolute Gasteiger partial charge is 0.262 e. The van der Waals surface area contributed by atoms with Gasteiger partial charge in [0.1, 0.15) is 12.2 Å². The normalized spacial score (nSPS) is 10.6. The summed E-state index contributed by atoms with van der Waals surface area (Å²) >= 11 is 1.46. The average Bonchev–Trinajstić information content (AvgIpc) is 3.17. The maximum absolute atomic E-state index is 12.4. The van der Waals surface area contributed by atoms with Gasteiger partial charge in [0.2, 0.25) is 0 Å². The van der Waals surface area contributed by atoms with Crippen LogP contribution < -0.4 is 5.32 Å². The predicted octanol–water partition coefficient (Wildman–Crippen LogP) is 2.52. The third-order valence-electron chi connectivity index (χ3n) is 3.40. The van der Waals surface area contributed by atoms with Gasteiger partial charge in [-0.15, -0.1) is 21.5 Å². The largest absolute Gasteiger partial charge is 0.351 e. The van der Waals surface area contributed by atoms with Crippen molar-refractivity contribution in [1.29, 1.82) is 0 Å². The Morgan fingerprint density at radius 3 is 2.82 bits per heavy atom. The molecule has 0 aliphatic carbocycles. The summed E-state index contributed by atoms with van der Waals surface area (Å²) in [6.07, 6.45) is 2.32. The first-order valence-electron chi connectivity index (χ1n) is 6.99. The first-order chi connectivity index (χ1) is 10.8. The van der Waals surface area contributed by atoms with E-state index in [1.807, 2.05) is 53.4 Å². The third kappa shape index (κ3) is 3.07. The standard InChI is InChI=1S/C16H16N4OS/c1-20-11-18-19-14(20)7-9-17-16(21)15-13(8-10-22-15)12-5-3-2-4-6-12/h2-6,8,10-11H,7,9H2,1H3,(H,17,21). The molecule has 5 nitrogen and oxygen atoms in total. The van der Waals surface area contributed by atoms with Crippen LogP contribution in [0.25, 0.3) is 11.1 Å². The molecule has 0 unspecified atom stereocenters. The Balaban J connectivity index is 1.66. The summed E-state index contributed by atoms with van der Waals surface area (Å²) in [6.45, 7) is 0.539. The van der Waals surface area contributed by atoms with Crippen molar-refractivity contribution in [1.82, 2.24) is 20.1 Å². The number of hydrogen-bond donors (Lipinski definition) is 1. The van der Waals surface area contributed by atoms with Crippen LogP contribution in [0.2, 0.25) is 0 Å². The molecule has 1 amide bonds. The molecule has 6 heteroatoms. The number of hydrogen-bond acceptors (Lipinski definition) is 4. The zero-order chi connectivity index (χ0) is 15.4. The molecule has 112 valence electrons. The summed E-state index contributed by atoms with van der Waals surface area (Å²) in [5.74, 6) is 0.811. The zero-order valence-electron chi connectivity index (χ0n) is 12.2. The lowest BCUT2D eigenvalue weighted by Gasteiger charge is -2.06. The number of aromatic nitrogens is 3. The highest BCUT2D eigenvalue weighted by Crippen LogP contribution is 2.27. The Morgan fingerprint density at radius 1 is 1.27 bits per heavy atom. The molecule has 22 heavy (non-hydrogen) atoms. The van der Waals surface area contributed by atoms with Crippen molar-refractivity contribution in [3.8, 4) is 11.1 Å². The fourth-order valence-corrected chi connectivity index (χ4v) is 3.06. The van der Waals surface area contributed by atoms with Gasteiger partial charge >= 0.3 is 0 Å². The number of carbonyl (C=O) groups excluding carboxylic acids is 1. The maximum atomic E-state index is 12.4. The topological polar surface area (TPSA) is 59.8 Å². The molecule has 3 rings (SSSR count). The number of carbonyl (C=O) groups is 1. The van der Waals surface area contributed by atoms with Gasteiger partial charge in [0, 0.05) is 25.6 Å². The molecule has 3 aromatic rings. The lowest BCUT2D eigenvalue weighted by atomic mass is 10.1. The minimum absolute atomic E-state index is 0.0454. The number of aryl methyl sites for hydroxylation is 1. The van der Waals surface area contributed by atoms with E-state index >= 15 is 0 Å². The van der Waals surface area contributed by atoms with Crippen LogP contribution in [0.4, 0.5) is 0 Å². The summed E-state index contributed by atoms with van der Waals surface area (Å²) < 4.78 is 1.85. The molecule has 0 aliphatic rings. The summed E-state index contributed by atoms with van der Waals surface area (Å²) in [5.41, 5.74) is 2.03. The van der Waals surface area contributed by atoms with Crippen LogP contribution in [0.1, 0.15) is 15.5 Å². The van der Waals surface area contributed by atoms with Crippen LogP contribution in [0, 0.1) is 0 Å². The van der Waals surface area contributed by atoms with E-state index in [9.17, 15) is 4.79 Å². The van der Waals surface area contributed by atoms with E-state index in [0.717, 1.165) is 21.8 Å². The Labute approximate surface area is 132 Å². The van der Waals surface area contributed by atoms with Crippen molar-refractivity contribution >= 4 is 17.2 Å². The molecular weight excluding hydrogens is 296 g/mol. The molecule has 0 saturated carbocycles. The number of rotatable bonds is 5. The molecule has 2 heterocycles. The minimum Gasteiger partial charge on any atom is -0.351 e. The molecule has 0 atom stereocenters. The highest BCUT2D eigenvalue weighted by Gasteiger charge is 2.14. The first kappa shape index (κ1) is 14.5. The number of nitrogens with zero attached hydrogens (tertiary/aromatic N) is 3. The molecule has 0 radical (unpaired) electrons. The SMILES string of the molecule is Cn1cnnc1CCNC(=O)c1sccc1-c1ccccc1. The summed E-state index contributed by atoms with van der Waals surface area (Å²) in [6, 6.07) is 11.9.